The van der Waals surface area contributed by atoms with Crippen LogP contribution in [0.5, 0.6) is 0 Å². The first-order valence-electron chi connectivity index (χ1n) is 7.63. The molecule has 4 nitrogen and oxygen atoms in total. The summed E-state index contributed by atoms with van der Waals surface area (Å²) in [6.07, 6.45) is 5.29. The summed E-state index contributed by atoms with van der Waals surface area (Å²) < 4.78 is 0. The maximum Gasteiger partial charge on any atom is 0.220 e. The molecule has 1 N–H and O–H groups in total. The van der Waals surface area contributed by atoms with Crippen LogP contribution in [0.2, 0.25) is 0 Å². The number of unbranched alkanes of at least 4 members (excludes halogenated alkanes) is 2. The zero-order valence-corrected chi connectivity index (χ0v) is 13.3. The zero-order valence-electron chi connectivity index (χ0n) is 13.3. The molecule has 0 spiro atoms. The minimum atomic E-state index is -0.0592. The molecule has 0 aliphatic rings. The molecule has 1 amide bonds. The van der Waals surface area contributed by atoms with E-state index in [9.17, 15) is 14.4 Å². The van der Waals surface area contributed by atoms with Gasteiger partial charge in [0.1, 0.15) is 11.6 Å². The summed E-state index contributed by atoms with van der Waals surface area (Å²) in [6.45, 7) is 7.12. The van der Waals surface area contributed by atoms with Gasteiger partial charge in [-0.25, -0.2) is 0 Å². The van der Waals surface area contributed by atoms with E-state index in [1.165, 1.54) is 6.92 Å². The number of rotatable bonds is 11. The lowest BCUT2D eigenvalue weighted by Gasteiger charge is -2.18. The van der Waals surface area contributed by atoms with E-state index >= 15 is 0 Å². The first kappa shape index (κ1) is 18.8. The fourth-order valence-corrected chi connectivity index (χ4v) is 2.38. The van der Waals surface area contributed by atoms with E-state index in [-0.39, 0.29) is 29.4 Å². The van der Waals surface area contributed by atoms with Crippen molar-refractivity contribution in [2.45, 2.75) is 78.7 Å². The summed E-state index contributed by atoms with van der Waals surface area (Å²) >= 11 is 0. The van der Waals surface area contributed by atoms with Crippen molar-refractivity contribution in [3.05, 3.63) is 0 Å². The van der Waals surface area contributed by atoms with Gasteiger partial charge in [-0.2, -0.15) is 0 Å². The topological polar surface area (TPSA) is 63.2 Å². The van der Waals surface area contributed by atoms with Crippen molar-refractivity contribution in [1.82, 2.24) is 5.32 Å². The van der Waals surface area contributed by atoms with Crippen LogP contribution in [0.25, 0.3) is 0 Å². The molecule has 2 atom stereocenters. The number of nitrogens with one attached hydrogen (secondary N) is 1. The van der Waals surface area contributed by atoms with Gasteiger partial charge < -0.3 is 10.1 Å². The van der Waals surface area contributed by atoms with Gasteiger partial charge in [-0.15, -0.1) is 0 Å². The summed E-state index contributed by atoms with van der Waals surface area (Å²) in [4.78, 5) is 34.2. The summed E-state index contributed by atoms with van der Waals surface area (Å²) in [5.74, 6) is 0.208. The standard InChI is InChI=1S/C16H29NO3/c1-5-6-7-8-15(11-14(4)19)17-16(20)10-12(2)9-13(3)18/h12,15H,5-11H2,1-4H3,(H,17,20). The Bertz CT molecular complexity index is 326. The van der Waals surface area contributed by atoms with Crippen LogP contribution in [0.3, 0.4) is 0 Å². The van der Waals surface area contributed by atoms with Crippen LogP contribution in [-0.4, -0.2) is 23.5 Å². The Hall–Kier alpha value is -1.19. The molecular weight excluding hydrogens is 254 g/mol. The summed E-state index contributed by atoms with van der Waals surface area (Å²) in [5.41, 5.74) is 0. The number of carbonyl (C=O) groups excluding carboxylic acids is 3. The average molecular weight is 283 g/mol. The second-order valence-corrected chi connectivity index (χ2v) is 5.88. The molecule has 116 valence electrons. The zero-order chi connectivity index (χ0) is 15.5. The molecule has 0 fully saturated rings. The quantitative estimate of drug-likeness (QED) is 0.593. The highest BCUT2D eigenvalue weighted by Gasteiger charge is 2.16. The van der Waals surface area contributed by atoms with Crippen molar-refractivity contribution in [2.24, 2.45) is 5.92 Å². The minimum Gasteiger partial charge on any atom is -0.353 e. The molecule has 2 unspecified atom stereocenters. The molecule has 0 saturated carbocycles. The molecule has 0 aromatic carbocycles. The van der Waals surface area contributed by atoms with Gasteiger partial charge in [-0.1, -0.05) is 33.1 Å². The molecule has 0 saturated heterocycles. The number of ketones is 2. The molecule has 0 aromatic heterocycles. The van der Waals surface area contributed by atoms with Crippen molar-refractivity contribution in [3.63, 3.8) is 0 Å². The Kier molecular flexibility index (Phi) is 9.95. The predicted octanol–water partition coefficient (Wildman–Crippen LogP) is 3.04. The van der Waals surface area contributed by atoms with E-state index < -0.39 is 0 Å². The molecule has 0 aliphatic carbocycles. The fraction of sp³-hybridized carbons (Fsp3) is 0.812. The molecule has 20 heavy (non-hydrogen) atoms. The van der Waals surface area contributed by atoms with Gasteiger partial charge in [0.15, 0.2) is 0 Å². The lowest BCUT2D eigenvalue weighted by Crippen LogP contribution is -2.37. The first-order chi connectivity index (χ1) is 9.35. The van der Waals surface area contributed by atoms with Gasteiger partial charge in [0, 0.05) is 25.3 Å². The highest BCUT2D eigenvalue weighted by molar-refractivity contribution is 5.80. The van der Waals surface area contributed by atoms with E-state index in [0.29, 0.717) is 19.3 Å². The maximum atomic E-state index is 11.9. The monoisotopic (exact) mass is 283 g/mol. The van der Waals surface area contributed by atoms with Gasteiger partial charge in [0.2, 0.25) is 5.91 Å². The number of carbonyl (C=O) groups is 3. The molecule has 0 bridgehead atoms. The third-order valence-corrected chi connectivity index (χ3v) is 3.22. The second kappa shape index (κ2) is 10.6. The molecular formula is C16H29NO3. The Morgan fingerprint density at radius 3 is 2.05 bits per heavy atom. The van der Waals surface area contributed by atoms with Crippen LogP contribution in [0, 0.1) is 5.92 Å². The Balaban J connectivity index is 4.22. The molecule has 0 aliphatic heterocycles. The van der Waals surface area contributed by atoms with Gasteiger partial charge >= 0.3 is 0 Å². The van der Waals surface area contributed by atoms with E-state index in [1.54, 1.807) is 6.92 Å². The first-order valence-corrected chi connectivity index (χ1v) is 7.63. The van der Waals surface area contributed by atoms with Crippen LogP contribution < -0.4 is 5.32 Å². The normalized spacial score (nSPS) is 13.6. The highest BCUT2D eigenvalue weighted by Crippen LogP contribution is 2.11. The Labute approximate surface area is 122 Å². The number of hydrogen-bond acceptors (Lipinski definition) is 3. The molecule has 0 radical (unpaired) electrons. The summed E-state index contributed by atoms with van der Waals surface area (Å²) in [5, 5.41) is 2.94. The summed E-state index contributed by atoms with van der Waals surface area (Å²) in [6, 6.07) is -0.0592. The molecule has 4 heteroatoms. The fourth-order valence-electron chi connectivity index (χ4n) is 2.38. The van der Waals surface area contributed by atoms with Crippen LogP contribution in [0.15, 0.2) is 0 Å². The Morgan fingerprint density at radius 2 is 1.55 bits per heavy atom. The van der Waals surface area contributed by atoms with Crippen molar-refractivity contribution in [3.8, 4) is 0 Å². The van der Waals surface area contributed by atoms with E-state index in [4.69, 9.17) is 0 Å². The number of hydrogen-bond donors (Lipinski definition) is 1. The van der Waals surface area contributed by atoms with Crippen LogP contribution in [0.4, 0.5) is 0 Å². The van der Waals surface area contributed by atoms with Crippen molar-refractivity contribution in [2.75, 3.05) is 0 Å². The van der Waals surface area contributed by atoms with Crippen LogP contribution >= 0.6 is 0 Å². The van der Waals surface area contributed by atoms with Gasteiger partial charge in [0.25, 0.3) is 0 Å². The SMILES string of the molecule is CCCCCC(CC(C)=O)NC(=O)CC(C)CC(C)=O. The van der Waals surface area contributed by atoms with Crippen molar-refractivity contribution >= 4 is 17.5 Å². The second-order valence-electron chi connectivity index (χ2n) is 5.88. The smallest absolute Gasteiger partial charge is 0.220 e. The van der Waals surface area contributed by atoms with E-state index in [2.05, 4.69) is 12.2 Å². The third kappa shape index (κ3) is 10.7. The highest BCUT2D eigenvalue weighted by atomic mass is 16.2. The largest absolute Gasteiger partial charge is 0.353 e. The predicted molar refractivity (Wildman–Crippen MR) is 80.4 cm³/mol. The van der Waals surface area contributed by atoms with E-state index in [0.717, 1.165) is 25.7 Å². The van der Waals surface area contributed by atoms with Gasteiger partial charge in [0.05, 0.1) is 0 Å². The van der Waals surface area contributed by atoms with Gasteiger partial charge in [-0.05, 0) is 26.2 Å². The Morgan fingerprint density at radius 1 is 0.950 bits per heavy atom. The van der Waals surface area contributed by atoms with E-state index in [1.807, 2.05) is 6.92 Å². The summed E-state index contributed by atoms with van der Waals surface area (Å²) in [7, 11) is 0. The van der Waals surface area contributed by atoms with Crippen LogP contribution in [-0.2, 0) is 14.4 Å². The molecule has 0 rings (SSSR count). The van der Waals surface area contributed by atoms with Gasteiger partial charge in [-0.3, -0.25) is 9.59 Å². The average Bonchev–Trinajstić information content (AvgIpc) is 2.26. The number of amides is 1. The maximum absolute atomic E-state index is 11.9. The minimum absolute atomic E-state index is 0.0542. The van der Waals surface area contributed by atoms with Crippen LogP contribution in [0.1, 0.15) is 72.6 Å². The lowest BCUT2D eigenvalue weighted by atomic mass is 9.99. The van der Waals surface area contributed by atoms with Crippen molar-refractivity contribution < 1.29 is 14.4 Å². The molecule has 0 aromatic rings. The lowest BCUT2D eigenvalue weighted by molar-refractivity contribution is -0.123. The van der Waals surface area contributed by atoms with Crippen molar-refractivity contribution in [1.29, 1.82) is 0 Å². The molecule has 0 heterocycles. The number of Topliss-reactive ketones (excluding diaryl/α,β-unsaturated/α-hetero) is 2. The third-order valence-electron chi connectivity index (χ3n) is 3.22.